The van der Waals surface area contributed by atoms with Crippen LogP contribution in [0, 0.1) is 5.82 Å². The molecule has 0 aliphatic heterocycles. The molecule has 0 saturated heterocycles. The molecule has 1 amide bonds. The molecular weight excluding hydrogens is 389 g/mol. The van der Waals surface area contributed by atoms with Crippen LogP contribution in [0.1, 0.15) is 15.9 Å². The summed E-state index contributed by atoms with van der Waals surface area (Å²) in [6.07, 6.45) is 1.57. The molecule has 31 heavy (non-hydrogen) atoms. The fraction of sp³-hybridized carbons (Fsp3) is 0. The predicted octanol–water partition coefficient (Wildman–Crippen LogP) is 6.06. The molecule has 4 rings (SSSR count). The number of halogens is 1. The molecule has 0 fully saturated rings. The number of carbonyl (C=O) groups excluding carboxylic acids is 1. The lowest BCUT2D eigenvalue weighted by molar-refractivity contribution is 0.0955. The summed E-state index contributed by atoms with van der Waals surface area (Å²) >= 11 is 0. The van der Waals surface area contributed by atoms with Crippen molar-refractivity contribution in [1.29, 1.82) is 0 Å². The number of hydrogen-bond donors (Lipinski definition) is 1. The average molecular weight is 409 g/mol. The van der Waals surface area contributed by atoms with Crippen LogP contribution in [0.4, 0.5) is 21.5 Å². The first kappa shape index (κ1) is 20.0. The quantitative estimate of drug-likeness (QED) is 0.311. The summed E-state index contributed by atoms with van der Waals surface area (Å²) in [6.45, 7) is 0. The molecule has 4 nitrogen and oxygen atoms in total. The van der Waals surface area contributed by atoms with Crippen LogP contribution in [-0.2, 0) is 0 Å². The Labute approximate surface area is 180 Å². The van der Waals surface area contributed by atoms with Crippen molar-refractivity contribution in [3.63, 3.8) is 0 Å². The SMILES string of the molecule is O=C(NN=Cc1ccc(N(c2ccccc2)c2ccccc2)cc1)c1ccc(F)cc1. The highest BCUT2D eigenvalue weighted by atomic mass is 19.1. The summed E-state index contributed by atoms with van der Waals surface area (Å²) in [5.74, 6) is -0.785. The maximum atomic E-state index is 13.0. The highest BCUT2D eigenvalue weighted by molar-refractivity contribution is 5.94. The van der Waals surface area contributed by atoms with Gasteiger partial charge in [-0.15, -0.1) is 0 Å². The molecule has 0 spiro atoms. The largest absolute Gasteiger partial charge is 0.311 e. The minimum Gasteiger partial charge on any atom is -0.311 e. The third-order valence-electron chi connectivity index (χ3n) is 4.67. The second kappa shape index (κ2) is 9.50. The molecule has 0 radical (unpaired) electrons. The first-order valence-corrected chi connectivity index (χ1v) is 9.80. The van der Waals surface area contributed by atoms with Crippen LogP contribution in [0.5, 0.6) is 0 Å². The summed E-state index contributed by atoms with van der Waals surface area (Å²) in [5.41, 5.74) is 6.75. The number of nitrogens with zero attached hydrogens (tertiary/aromatic N) is 2. The first-order chi connectivity index (χ1) is 15.2. The maximum Gasteiger partial charge on any atom is 0.271 e. The number of amides is 1. The van der Waals surface area contributed by atoms with Crippen molar-refractivity contribution in [2.75, 3.05) is 4.90 Å². The van der Waals surface area contributed by atoms with E-state index in [1.54, 1.807) is 6.21 Å². The molecule has 0 aromatic heterocycles. The van der Waals surface area contributed by atoms with E-state index in [2.05, 4.69) is 39.7 Å². The summed E-state index contributed by atoms with van der Waals surface area (Å²) in [6, 6.07) is 33.5. The fourth-order valence-electron chi connectivity index (χ4n) is 3.14. The smallest absolute Gasteiger partial charge is 0.271 e. The zero-order chi connectivity index (χ0) is 21.5. The van der Waals surface area contributed by atoms with Crippen molar-refractivity contribution in [3.05, 3.63) is 126 Å². The highest BCUT2D eigenvalue weighted by Gasteiger charge is 2.11. The van der Waals surface area contributed by atoms with E-state index in [1.165, 1.54) is 24.3 Å². The molecule has 152 valence electrons. The van der Waals surface area contributed by atoms with Gasteiger partial charge in [0.25, 0.3) is 5.91 Å². The third kappa shape index (κ3) is 5.03. The molecule has 0 aliphatic rings. The number of rotatable bonds is 6. The van der Waals surface area contributed by atoms with Gasteiger partial charge in [-0.3, -0.25) is 4.79 Å². The van der Waals surface area contributed by atoms with Crippen LogP contribution in [0.15, 0.2) is 114 Å². The zero-order valence-electron chi connectivity index (χ0n) is 16.7. The number of para-hydroxylation sites is 2. The second-order valence-electron chi connectivity index (χ2n) is 6.80. The van der Waals surface area contributed by atoms with Crippen LogP contribution in [0.3, 0.4) is 0 Å². The van der Waals surface area contributed by atoms with Gasteiger partial charge in [0.1, 0.15) is 5.82 Å². The molecule has 0 atom stereocenters. The van der Waals surface area contributed by atoms with Crippen molar-refractivity contribution >= 4 is 29.2 Å². The van der Waals surface area contributed by atoms with Gasteiger partial charge in [-0.2, -0.15) is 5.10 Å². The predicted molar refractivity (Wildman–Crippen MR) is 123 cm³/mol. The Bertz CT molecular complexity index is 1120. The molecule has 0 aliphatic carbocycles. The van der Waals surface area contributed by atoms with Crippen molar-refractivity contribution in [2.45, 2.75) is 0 Å². The van der Waals surface area contributed by atoms with Gasteiger partial charge >= 0.3 is 0 Å². The molecule has 1 N–H and O–H groups in total. The van der Waals surface area contributed by atoms with Gasteiger partial charge in [0.2, 0.25) is 0 Å². The fourth-order valence-corrected chi connectivity index (χ4v) is 3.14. The minimum atomic E-state index is -0.396. The van der Waals surface area contributed by atoms with Crippen LogP contribution < -0.4 is 10.3 Å². The number of anilines is 3. The second-order valence-corrected chi connectivity index (χ2v) is 6.80. The van der Waals surface area contributed by atoms with E-state index >= 15 is 0 Å². The Balaban J connectivity index is 1.50. The number of carbonyl (C=O) groups is 1. The van der Waals surface area contributed by atoms with Crippen molar-refractivity contribution in [1.82, 2.24) is 5.43 Å². The van der Waals surface area contributed by atoms with Crippen LogP contribution in [0.25, 0.3) is 0 Å². The molecule has 0 heterocycles. The number of benzene rings is 4. The summed E-state index contributed by atoms with van der Waals surface area (Å²) < 4.78 is 13.0. The normalized spacial score (nSPS) is 10.7. The van der Waals surface area contributed by atoms with Gasteiger partial charge in [0.05, 0.1) is 6.21 Å². The summed E-state index contributed by atoms with van der Waals surface area (Å²) in [5, 5.41) is 4.00. The molecule has 5 heteroatoms. The van der Waals surface area contributed by atoms with Crippen LogP contribution >= 0.6 is 0 Å². The number of hydrogen-bond acceptors (Lipinski definition) is 3. The lowest BCUT2D eigenvalue weighted by Gasteiger charge is -2.25. The molecule has 4 aromatic rings. The van der Waals surface area contributed by atoms with Crippen molar-refractivity contribution in [2.24, 2.45) is 5.10 Å². The number of nitrogens with one attached hydrogen (secondary N) is 1. The van der Waals surface area contributed by atoms with Gasteiger partial charge in [0, 0.05) is 22.6 Å². The van der Waals surface area contributed by atoms with E-state index in [0.29, 0.717) is 5.56 Å². The standard InChI is InChI=1S/C26H20FN3O/c27-22-15-13-21(14-16-22)26(31)29-28-19-20-11-17-25(18-12-20)30(23-7-3-1-4-8-23)24-9-5-2-6-10-24/h1-19H,(H,29,31). The van der Waals surface area contributed by atoms with E-state index in [4.69, 9.17) is 0 Å². The minimum absolute atomic E-state index is 0.343. The highest BCUT2D eigenvalue weighted by Crippen LogP contribution is 2.33. The Morgan fingerprint density at radius 2 is 1.23 bits per heavy atom. The van der Waals surface area contributed by atoms with E-state index in [-0.39, 0.29) is 5.82 Å². The van der Waals surface area contributed by atoms with Gasteiger partial charge < -0.3 is 4.90 Å². The van der Waals surface area contributed by atoms with Gasteiger partial charge in [0.15, 0.2) is 0 Å². The maximum absolute atomic E-state index is 13.0. The van der Waals surface area contributed by atoms with E-state index in [0.717, 1.165) is 22.6 Å². The lowest BCUT2D eigenvalue weighted by Crippen LogP contribution is -2.17. The zero-order valence-corrected chi connectivity index (χ0v) is 16.7. The average Bonchev–Trinajstić information content (AvgIpc) is 2.82. The van der Waals surface area contributed by atoms with Crippen molar-refractivity contribution in [3.8, 4) is 0 Å². The Morgan fingerprint density at radius 3 is 1.77 bits per heavy atom. The molecule has 0 saturated carbocycles. The Kier molecular flexibility index (Phi) is 6.14. The van der Waals surface area contributed by atoms with Crippen molar-refractivity contribution < 1.29 is 9.18 Å². The third-order valence-corrected chi connectivity index (χ3v) is 4.67. The van der Waals surface area contributed by atoms with Gasteiger partial charge in [-0.25, -0.2) is 9.82 Å². The summed E-state index contributed by atoms with van der Waals surface area (Å²) in [4.78, 5) is 14.2. The lowest BCUT2D eigenvalue weighted by atomic mass is 10.1. The van der Waals surface area contributed by atoms with E-state index < -0.39 is 5.91 Å². The molecular formula is C26H20FN3O. The first-order valence-electron chi connectivity index (χ1n) is 9.80. The van der Waals surface area contributed by atoms with E-state index in [9.17, 15) is 9.18 Å². The van der Waals surface area contributed by atoms with Crippen LogP contribution in [0.2, 0.25) is 0 Å². The summed E-state index contributed by atoms with van der Waals surface area (Å²) in [7, 11) is 0. The van der Waals surface area contributed by atoms with Crippen LogP contribution in [-0.4, -0.2) is 12.1 Å². The topological polar surface area (TPSA) is 44.7 Å². The number of hydrazone groups is 1. The monoisotopic (exact) mass is 409 g/mol. The molecule has 0 unspecified atom stereocenters. The Hall–Kier alpha value is -4.25. The van der Waals surface area contributed by atoms with Gasteiger partial charge in [-0.1, -0.05) is 48.5 Å². The Morgan fingerprint density at radius 1 is 0.710 bits per heavy atom. The molecule has 0 bridgehead atoms. The molecule has 4 aromatic carbocycles. The van der Waals surface area contributed by atoms with E-state index in [1.807, 2.05) is 60.7 Å². The van der Waals surface area contributed by atoms with Gasteiger partial charge in [-0.05, 0) is 66.2 Å².